The maximum Gasteiger partial charge on any atom is 0.358 e. The molecule has 3 aromatic rings. The van der Waals surface area contributed by atoms with Gasteiger partial charge in [-0.2, -0.15) is 5.10 Å². The lowest BCUT2D eigenvalue weighted by atomic mass is 10.2. The molecule has 37 heavy (non-hydrogen) atoms. The summed E-state index contributed by atoms with van der Waals surface area (Å²) in [4.78, 5) is 43.9. The number of hydrogen-bond donors (Lipinski definition) is 3. The van der Waals surface area contributed by atoms with E-state index in [0.717, 1.165) is 16.9 Å². The van der Waals surface area contributed by atoms with Gasteiger partial charge in [0.15, 0.2) is 11.5 Å². The van der Waals surface area contributed by atoms with E-state index in [4.69, 9.17) is 4.74 Å². The first kappa shape index (κ1) is 22.8. The highest BCUT2D eigenvalue weighted by Crippen LogP contribution is 2.39. The summed E-state index contributed by atoms with van der Waals surface area (Å²) in [6.07, 6.45) is 5.93. The Morgan fingerprint density at radius 3 is 2.73 bits per heavy atom. The highest BCUT2D eigenvalue weighted by Gasteiger charge is 2.29. The van der Waals surface area contributed by atoms with E-state index in [9.17, 15) is 14.4 Å². The number of anilines is 2. The van der Waals surface area contributed by atoms with Crippen LogP contribution < -0.4 is 15.5 Å². The second-order valence-electron chi connectivity index (χ2n) is 9.19. The molecule has 1 aliphatic carbocycles. The molecule has 12 nitrogen and oxygen atoms in total. The Hall–Kier alpha value is -4.61. The monoisotopic (exact) mass is 502 g/mol. The Morgan fingerprint density at radius 1 is 1.22 bits per heavy atom. The molecular weight excluding hydrogens is 476 g/mol. The highest BCUT2D eigenvalue weighted by atomic mass is 16.5. The van der Waals surface area contributed by atoms with Gasteiger partial charge in [-0.1, -0.05) is 12.1 Å². The molecule has 3 N–H and O–H groups in total. The number of aromatic amines is 1. The molecule has 2 fully saturated rings. The molecule has 4 heterocycles. The summed E-state index contributed by atoms with van der Waals surface area (Å²) < 4.78 is 6.98. The normalized spacial score (nSPS) is 16.9. The molecule has 0 radical (unpaired) electrons. The van der Waals surface area contributed by atoms with Crippen molar-refractivity contribution < 1.29 is 19.1 Å². The van der Waals surface area contributed by atoms with Crippen LogP contribution in [0.5, 0.6) is 0 Å². The van der Waals surface area contributed by atoms with Gasteiger partial charge in [-0.3, -0.25) is 19.4 Å². The smallest absolute Gasteiger partial charge is 0.358 e. The van der Waals surface area contributed by atoms with Crippen molar-refractivity contribution in [3.8, 4) is 0 Å². The number of imide groups is 1. The molecule has 12 heteroatoms. The Bertz CT molecular complexity index is 1390. The van der Waals surface area contributed by atoms with E-state index < -0.39 is 5.97 Å². The van der Waals surface area contributed by atoms with Crippen molar-refractivity contribution in [2.75, 3.05) is 23.4 Å². The number of esters is 1. The molecule has 3 amide bonds. The molecule has 0 spiro atoms. The van der Waals surface area contributed by atoms with Gasteiger partial charge in [0.1, 0.15) is 11.6 Å². The SMILES string of the molecule is CCOC(=O)c1cn2c(n1)CN(c1ccc(CN3C(=O)CNC3=O)cc1)C=C2Nc1cc(C2CC2)[nH]n1. The summed E-state index contributed by atoms with van der Waals surface area (Å²) in [5, 5.41) is 13.4. The van der Waals surface area contributed by atoms with Gasteiger partial charge < -0.3 is 20.3 Å². The van der Waals surface area contributed by atoms with E-state index in [1.165, 1.54) is 17.7 Å². The summed E-state index contributed by atoms with van der Waals surface area (Å²) >= 11 is 0. The van der Waals surface area contributed by atoms with Crippen LogP contribution in [-0.2, 0) is 22.6 Å². The van der Waals surface area contributed by atoms with Crippen LogP contribution in [0.2, 0.25) is 0 Å². The lowest BCUT2D eigenvalue weighted by molar-refractivity contribution is -0.125. The number of hydrogen-bond acceptors (Lipinski definition) is 8. The molecule has 2 aliphatic heterocycles. The zero-order valence-electron chi connectivity index (χ0n) is 20.2. The molecule has 3 aliphatic rings. The van der Waals surface area contributed by atoms with Crippen LogP contribution in [0, 0.1) is 0 Å². The van der Waals surface area contributed by atoms with Crippen molar-refractivity contribution in [1.29, 1.82) is 0 Å². The number of imidazole rings is 1. The van der Waals surface area contributed by atoms with Crippen LogP contribution in [0.15, 0.2) is 42.7 Å². The minimum Gasteiger partial charge on any atom is -0.461 e. The number of nitrogens with zero attached hydrogens (tertiary/aromatic N) is 5. The van der Waals surface area contributed by atoms with Crippen LogP contribution in [0.3, 0.4) is 0 Å². The maximum atomic E-state index is 12.4. The fourth-order valence-corrected chi connectivity index (χ4v) is 4.43. The molecule has 1 aromatic carbocycles. The number of rotatable bonds is 8. The summed E-state index contributed by atoms with van der Waals surface area (Å²) in [5.41, 5.74) is 3.06. The molecule has 0 atom stereocenters. The van der Waals surface area contributed by atoms with E-state index in [-0.39, 0.29) is 37.3 Å². The quantitative estimate of drug-likeness (QED) is 0.316. The Balaban J connectivity index is 1.27. The van der Waals surface area contributed by atoms with E-state index >= 15 is 0 Å². The average Bonchev–Trinajstić information content (AvgIpc) is 3.34. The number of fused-ring (bicyclic) bond motifs is 1. The van der Waals surface area contributed by atoms with Crippen molar-refractivity contribution >= 4 is 35.2 Å². The molecule has 0 bridgehead atoms. The van der Waals surface area contributed by atoms with Crippen molar-refractivity contribution in [2.45, 2.75) is 38.8 Å². The highest BCUT2D eigenvalue weighted by molar-refractivity contribution is 6.01. The van der Waals surface area contributed by atoms with Gasteiger partial charge in [0.25, 0.3) is 0 Å². The van der Waals surface area contributed by atoms with Crippen LogP contribution in [0.4, 0.5) is 16.3 Å². The first-order chi connectivity index (χ1) is 18.0. The number of aromatic nitrogens is 4. The lowest BCUT2D eigenvalue weighted by Crippen LogP contribution is -2.30. The van der Waals surface area contributed by atoms with Gasteiger partial charge in [0.2, 0.25) is 5.91 Å². The molecule has 0 unspecified atom stereocenters. The Morgan fingerprint density at radius 2 is 2.03 bits per heavy atom. The minimum absolute atomic E-state index is 0.0316. The van der Waals surface area contributed by atoms with Crippen LogP contribution in [0.1, 0.15) is 53.3 Å². The van der Waals surface area contributed by atoms with Gasteiger partial charge in [-0.15, -0.1) is 0 Å². The van der Waals surface area contributed by atoms with Crippen LogP contribution in [0.25, 0.3) is 5.82 Å². The molecule has 1 saturated carbocycles. The number of nitrogens with one attached hydrogen (secondary N) is 3. The zero-order chi connectivity index (χ0) is 25.5. The third kappa shape index (κ3) is 4.53. The number of amides is 3. The van der Waals surface area contributed by atoms with Crippen LogP contribution in [-0.4, -0.2) is 55.7 Å². The zero-order valence-corrected chi connectivity index (χ0v) is 20.2. The number of urea groups is 1. The Labute approximate surface area is 212 Å². The number of carbonyl (C=O) groups is 3. The predicted molar refractivity (Wildman–Crippen MR) is 133 cm³/mol. The van der Waals surface area contributed by atoms with Gasteiger partial charge in [0, 0.05) is 35.8 Å². The molecule has 6 rings (SSSR count). The average molecular weight is 503 g/mol. The standard InChI is InChI=1S/C25H26N8O4/c1-2-37-24(35)19-12-32-21(27-19)13-31(14-22(32)28-20-9-18(29-30-20)16-5-6-16)17-7-3-15(4-8-17)11-33-23(34)10-26-25(33)36/h3-4,7-9,12,14,16H,2,5-6,10-11,13H2,1H3,(H,26,36)(H2,28,29,30). The maximum absolute atomic E-state index is 12.4. The third-order valence-electron chi connectivity index (χ3n) is 6.53. The van der Waals surface area contributed by atoms with Gasteiger partial charge in [0.05, 0.1) is 26.2 Å². The molecule has 2 aromatic heterocycles. The van der Waals surface area contributed by atoms with Gasteiger partial charge in [-0.25, -0.2) is 14.6 Å². The van der Waals surface area contributed by atoms with Crippen molar-refractivity contribution in [3.63, 3.8) is 0 Å². The predicted octanol–water partition coefficient (Wildman–Crippen LogP) is 2.60. The molecule has 1 saturated heterocycles. The van der Waals surface area contributed by atoms with Crippen molar-refractivity contribution in [3.05, 3.63) is 65.5 Å². The fourth-order valence-electron chi connectivity index (χ4n) is 4.43. The minimum atomic E-state index is -0.476. The van der Waals surface area contributed by atoms with Gasteiger partial charge in [-0.05, 0) is 37.5 Å². The summed E-state index contributed by atoms with van der Waals surface area (Å²) in [6.45, 7) is 2.69. The van der Waals surface area contributed by atoms with Crippen LogP contribution >= 0.6 is 0 Å². The first-order valence-corrected chi connectivity index (χ1v) is 12.2. The first-order valence-electron chi connectivity index (χ1n) is 12.2. The number of ether oxygens (including phenoxy) is 1. The molecular formula is C25H26N8O4. The summed E-state index contributed by atoms with van der Waals surface area (Å²) in [5.74, 6) is 1.85. The van der Waals surface area contributed by atoms with Crippen molar-refractivity contribution in [2.24, 2.45) is 0 Å². The number of H-pyrrole nitrogens is 1. The second-order valence-corrected chi connectivity index (χ2v) is 9.19. The van der Waals surface area contributed by atoms with Gasteiger partial charge >= 0.3 is 12.0 Å². The number of carbonyl (C=O) groups excluding carboxylic acids is 3. The fraction of sp³-hybridized carbons (Fsp3) is 0.320. The Kier molecular flexibility index (Phi) is 5.63. The molecule has 190 valence electrons. The second kappa shape index (κ2) is 9.12. The topological polar surface area (TPSA) is 137 Å². The van der Waals surface area contributed by atoms with Crippen molar-refractivity contribution in [1.82, 2.24) is 30.0 Å². The third-order valence-corrected chi connectivity index (χ3v) is 6.53. The van der Waals surface area contributed by atoms with E-state index in [1.54, 1.807) is 13.1 Å². The van der Waals surface area contributed by atoms with E-state index in [0.29, 0.717) is 29.9 Å². The number of benzene rings is 1. The lowest BCUT2D eigenvalue weighted by Gasteiger charge is -2.28. The van der Waals surface area contributed by atoms with E-state index in [2.05, 4.69) is 25.8 Å². The summed E-state index contributed by atoms with van der Waals surface area (Å²) in [6, 6.07) is 9.24. The summed E-state index contributed by atoms with van der Waals surface area (Å²) in [7, 11) is 0. The van der Waals surface area contributed by atoms with E-state index in [1.807, 2.05) is 46.0 Å². The largest absolute Gasteiger partial charge is 0.461 e.